The highest BCUT2D eigenvalue weighted by atomic mass is 19.4. The van der Waals surface area contributed by atoms with Crippen molar-refractivity contribution in [1.29, 1.82) is 0 Å². The molecule has 0 aromatic heterocycles. The Morgan fingerprint density at radius 2 is 1.04 bits per heavy atom. The fraction of sp³-hybridized carbons (Fsp3) is 1.00. The summed E-state index contributed by atoms with van der Waals surface area (Å²) in [5.41, 5.74) is -5.34. The first kappa shape index (κ1) is 17.9. The van der Waals surface area contributed by atoms with Crippen LogP contribution in [-0.4, -0.2) is 35.8 Å². The summed E-state index contributed by atoms with van der Waals surface area (Å²) in [7, 11) is 0. The molecule has 2 aliphatic carbocycles. The molecule has 2 saturated carbocycles. The Balaban J connectivity index is 1.76. The van der Waals surface area contributed by atoms with Crippen molar-refractivity contribution in [3.8, 4) is 0 Å². The summed E-state index contributed by atoms with van der Waals surface area (Å²) in [6.45, 7) is 3.26. The molecule has 0 amide bonds. The van der Waals surface area contributed by atoms with E-state index < -0.39 is 40.8 Å². The fourth-order valence-corrected chi connectivity index (χ4v) is 5.75. The molecule has 25 heavy (non-hydrogen) atoms. The van der Waals surface area contributed by atoms with Gasteiger partial charge < -0.3 is 9.47 Å². The Morgan fingerprint density at radius 3 is 1.32 bits per heavy atom. The normalized spacial score (nSPS) is 47.0. The van der Waals surface area contributed by atoms with Crippen molar-refractivity contribution in [2.75, 3.05) is 0 Å². The third kappa shape index (κ3) is 2.38. The van der Waals surface area contributed by atoms with Crippen LogP contribution in [-0.2, 0) is 9.47 Å². The summed E-state index contributed by atoms with van der Waals surface area (Å²) in [4.78, 5) is 0. The minimum atomic E-state index is -5.35. The van der Waals surface area contributed by atoms with Gasteiger partial charge in [0.25, 0.3) is 0 Å². The van der Waals surface area contributed by atoms with E-state index in [2.05, 4.69) is 0 Å². The van der Waals surface area contributed by atoms with Crippen LogP contribution in [0.25, 0.3) is 0 Å². The van der Waals surface area contributed by atoms with Gasteiger partial charge in [0.05, 0.1) is 23.4 Å². The molecule has 2 aliphatic heterocycles. The van der Waals surface area contributed by atoms with Crippen molar-refractivity contribution >= 4 is 0 Å². The molecule has 2 nitrogen and oxygen atoms in total. The van der Waals surface area contributed by atoms with E-state index in [1.807, 2.05) is 0 Å². The highest BCUT2D eigenvalue weighted by Crippen LogP contribution is 2.69. The smallest absolute Gasteiger partial charge is 0.366 e. The topological polar surface area (TPSA) is 25.1 Å². The van der Waals surface area contributed by atoms with E-state index in [0.29, 0.717) is 0 Å². The predicted molar refractivity (Wildman–Crippen MR) is 75.8 cm³/mol. The lowest BCUT2D eigenvalue weighted by atomic mass is 9.56. The second kappa shape index (κ2) is 4.86. The van der Waals surface area contributed by atoms with Crippen LogP contribution in [0.2, 0.25) is 0 Å². The summed E-state index contributed by atoms with van der Waals surface area (Å²) in [5, 5.41) is 0. The average Bonchev–Trinajstić information content (AvgIpc) is 3.28. The van der Waals surface area contributed by atoms with E-state index >= 15 is 0 Å². The second-order valence-corrected chi connectivity index (χ2v) is 8.66. The van der Waals surface area contributed by atoms with E-state index in [-0.39, 0.29) is 50.7 Å². The second-order valence-electron chi connectivity index (χ2n) is 8.66. The number of alkyl halides is 6. The van der Waals surface area contributed by atoms with Crippen LogP contribution in [0.1, 0.15) is 52.4 Å². The maximum atomic E-state index is 14.2. The highest BCUT2D eigenvalue weighted by molar-refractivity contribution is 5.15. The van der Waals surface area contributed by atoms with Gasteiger partial charge in [-0.15, -0.1) is 0 Å². The Hall–Kier alpha value is -0.500. The van der Waals surface area contributed by atoms with Gasteiger partial charge in [-0.25, -0.2) is 0 Å². The number of ether oxygens (including phenoxy) is 2. The fourth-order valence-electron chi connectivity index (χ4n) is 5.75. The van der Waals surface area contributed by atoms with E-state index in [0.717, 1.165) is 0 Å². The Kier molecular flexibility index (Phi) is 3.47. The van der Waals surface area contributed by atoms with Gasteiger partial charge >= 0.3 is 12.4 Å². The van der Waals surface area contributed by atoms with Crippen molar-refractivity contribution in [3.05, 3.63) is 0 Å². The van der Waals surface area contributed by atoms with E-state index in [1.165, 1.54) is 0 Å². The lowest BCUT2D eigenvalue weighted by Gasteiger charge is -2.50. The van der Waals surface area contributed by atoms with Gasteiger partial charge in [-0.1, -0.05) is 0 Å². The van der Waals surface area contributed by atoms with Gasteiger partial charge in [-0.3, -0.25) is 0 Å². The number of halogens is 6. The molecule has 0 aromatic rings. The molecular formula is C17H22F6O2. The molecule has 2 heterocycles. The first-order chi connectivity index (χ1) is 11.3. The Labute approximate surface area is 142 Å². The van der Waals surface area contributed by atoms with Crippen molar-refractivity contribution in [2.24, 2.45) is 17.3 Å². The van der Waals surface area contributed by atoms with Gasteiger partial charge in [0.1, 0.15) is 0 Å². The zero-order valence-corrected chi connectivity index (χ0v) is 14.1. The third-order valence-electron chi connectivity index (χ3n) is 7.15. The van der Waals surface area contributed by atoms with E-state index in [4.69, 9.17) is 9.47 Å². The van der Waals surface area contributed by atoms with E-state index in [9.17, 15) is 26.3 Å². The van der Waals surface area contributed by atoms with Crippen LogP contribution >= 0.6 is 0 Å². The molecule has 0 bridgehead atoms. The minimum Gasteiger partial charge on any atom is -0.366 e. The molecule has 144 valence electrons. The molecule has 0 spiro atoms. The molecule has 4 rings (SSSR count). The maximum Gasteiger partial charge on any atom is 0.403 e. The summed E-state index contributed by atoms with van der Waals surface area (Å²) < 4.78 is 95.8. The number of hydrogen-bond donors (Lipinski definition) is 0. The van der Waals surface area contributed by atoms with E-state index in [1.54, 1.807) is 13.8 Å². The van der Waals surface area contributed by atoms with Crippen LogP contribution in [0.5, 0.6) is 0 Å². The van der Waals surface area contributed by atoms with Gasteiger partial charge in [0.2, 0.25) is 0 Å². The summed E-state index contributed by atoms with van der Waals surface area (Å²) in [5.74, 6) is -3.00. The monoisotopic (exact) mass is 372 g/mol. The van der Waals surface area contributed by atoms with Crippen LogP contribution in [0.3, 0.4) is 0 Å². The molecule has 0 N–H and O–H groups in total. The molecule has 4 aliphatic rings. The number of fused-ring (bicyclic) bond motifs is 2. The molecular weight excluding hydrogens is 350 g/mol. The maximum absolute atomic E-state index is 14.2. The SMILES string of the molecule is CC12CC(C(C3CCC4OC4(C)C3)(C(F)(F)F)C(F)(F)F)CCC1O2. The summed E-state index contributed by atoms with van der Waals surface area (Å²) in [6.07, 6.45) is -11.1. The largest absolute Gasteiger partial charge is 0.403 e. The molecule has 6 unspecified atom stereocenters. The average molecular weight is 372 g/mol. The predicted octanol–water partition coefficient (Wildman–Crippen LogP) is 5.01. The minimum absolute atomic E-state index is 0.100. The number of hydrogen-bond acceptors (Lipinski definition) is 2. The Bertz CT molecular complexity index is 522. The Morgan fingerprint density at radius 1 is 0.680 bits per heavy atom. The van der Waals surface area contributed by atoms with Gasteiger partial charge in [0, 0.05) is 0 Å². The lowest BCUT2D eigenvalue weighted by Crippen LogP contribution is -2.61. The summed E-state index contributed by atoms with van der Waals surface area (Å²) in [6, 6.07) is 0. The molecule has 2 saturated heterocycles. The first-order valence-corrected chi connectivity index (χ1v) is 8.82. The summed E-state index contributed by atoms with van der Waals surface area (Å²) >= 11 is 0. The van der Waals surface area contributed by atoms with Gasteiger partial charge in [0.15, 0.2) is 5.41 Å². The first-order valence-electron chi connectivity index (χ1n) is 8.82. The zero-order chi connectivity index (χ0) is 18.5. The number of rotatable bonds is 2. The van der Waals surface area contributed by atoms with Gasteiger partial charge in [-0.2, -0.15) is 26.3 Å². The third-order valence-corrected chi connectivity index (χ3v) is 7.15. The molecule has 4 fully saturated rings. The standard InChI is InChI=1S/C17H22F6O2/c1-13-7-9(3-5-11(13)24-13)15(16(18,19)20,17(21,22)23)10-4-6-12-14(2,8-10)25-12/h9-12H,3-8H2,1-2H3. The highest BCUT2D eigenvalue weighted by Gasteiger charge is 2.79. The van der Waals surface area contributed by atoms with Crippen LogP contribution in [0.4, 0.5) is 26.3 Å². The molecule has 0 radical (unpaired) electrons. The van der Waals surface area contributed by atoms with Crippen molar-refractivity contribution in [3.63, 3.8) is 0 Å². The quantitative estimate of drug-likeness (QED) is 0.503. The van der Waals surface area contributed by atoms with Crippen LogP contribution < -0.4 is 0 Å². The van der Waals surface area contributed by atoms with Crippen molar-refractivity contribution in [2.45, 2.75) is 88.1 Å². The van der Waals surface area contributed by atoms with Crippen LogP contribution in [0.15, 0.2) is 0 Å². The lowest BCUT2D eigenvalue weighted by molar-refractivity contribution is -0.382. The van der Waals surface area contributed by atoms with Crippen LogP contribution in [0, 0.1) is 17.3 Å². The zero-order valence-electron chi connectivity index (χ0n) is 14.1. The van der Waals surface area contributed by atoms with Gasteiger partial charge in [-0.05, 0) is 64.2 Å². The van der Waals surface area contributed by atoms with Crippen molar-refractivity contribution < 1.29 is 35.8 Å². The molecule has 8 heteroatoms. The number of epoxide rings is 2. The van der Waals surface area contributed by atoms with Crippen molar-refractivity contribution in [1.82, 2.24) is 0 Å². The molecule has 0 aromatic carbocycles. The molecule has 6 atom stereocenters.